The minimum atomic E-state index is -6.89. The Kier molecular flexibility index (Phi) is 7.20. The maximum Gasteiger partial charge on any atom is 0.499 e. The van der Waals surface area contributed by atoms with Gasteiger partial charge in [-0.15, -0.1) is 0 Å². The van der Waals surface area contributed by atoms with Crippen molar-refractivity contribution in [2.24, 2.45) is 0 Å². The van der Waals surface area contributed by atoms with Gasteiger partial charge in [0.1, 0.15) is 0 Å². The van der Waals surface area contributed by atoms with E-state index in [4.69, 9.17) is 5.21 Å². The van der Waals surface area contributed by atoms with Crippen LogP contribution in [0.3, 0.4) is 0 Å². The van der Waals surface area contributed by atoms with Gasteiger partial charge in [-0.25, -0.2) is 5.21 Å². The van der Waals surface area contributed by atoms with Gasteiger partial charge in [-0.1, -0.05) is 0 Å². The van der Waals surface area contributed by atoms with Crippen LogP contribution in [0.15, 0.2) is 12.1 Å². The first kappa shape index (κ1) is 28.5. The molecular weight excluding hydrogens is 523 g/mol. The average Bonchev–Trinajstić information content (AvgIpc) is 2.53. The summed E-state index contributed by atoms with van der Waals surface area (Å²) in [6.45, 7) is 0. The maximum atomic E-state index is 13.2. The third-order valence-corrected chi connectivity index (χ3v) is 3.00. The summed E-state index contributed by atoms with van der Waals surface area (Å²) < 4.78 is 198. The lowest BCUT2D eigenvalue weighted by molar-refractivity contribution is -0.991. The van der Waals surface area contributed by atoms with E-state index in [-0.39, 0.29) is 6.07 Å². The first-order valence-corrected chi connectivity index (χ1v) is 7.15. The van der Waals surface area contributed by atoms with E-state index in [1.54, 1.807) is 0 Å². The van der Waals surface area contributed by atoms with Gasteiger partial charge in [0.2, 0.25) is 17.2 Å². The van der Waals surface area contributed by atoms with Crippen molar-refractivity contribution >= 4 is 5.69 Å². The fourth-order valence-electron chi connectivity index (χ4n) is 1.56. The lowest BCUT2D eigenvalue weighted by Crippen LogP contribution is -2.99. The van der Waals surface area contributed by atoms with Crippen molar-refractivity contribution in [3.63, 3.8) is 0 Å². The molecule has 1 atom stereocenters. The van der Waals surface area contributed by atoms with Crippen LogP contribution >= 0.6 is 0 Å². The Hall–Kier alpha value is -2.55. The summed E-state index contributed by atoms with van der Waals surface area (Å²) in [5.41, 5.74) is -2.16. The van der Waals surface area contributed by atoms with Gasteiger partial charge in [-0.2, -0.15) is 71.1 Å². The van der Waals surface area contributed by atoms with Gasteiger partial charge in [0.15, 0.2) is 5.75 Å². The number of benzene rings is 1. The lowest BCUT2D eigenvalue weighted by atomic mass is 10.2. The lowest BCUT2D eigenvalue weighted by Gasteiger charge is -2.28. The molecule has 192 valence electrons. The number of ether oxygens (including phenoxy) is 3. The van der Waals surface area contributed by atoms with Crippen molar-refractivity contribution in [1.82, 2.24) is 0 Å². The molecule has 0 aliphatic carbocycles. The van der Waals surface area contributed by atoms with Crippen LogP contribution in [-0.2, 0) is 0 Å². The van der Waals surface area contributed by atoms with Gasteiger partial charge in [-0.05, 0) is 6.07 Å². The number of halogens is 15. The number of hydrogen-bond acceptors (Lipinski definition) is 5. The highest BCUT2D eigenvalue weighted by molar-refractivity contribution is 5.62. The number of rotatable bonds is 7. The number of hydrogen-bond donors (Lipinski definition) is 2. The molecule has 1 unspecified atom stereocenters. The summed E-state index contributed by atoms with van der Waals surface area (Å²) in [4.78, 5) is 0. The normalized spacial score (nSPS) is 15.3. The van der Waals surface area contributed by atoms with Crippen LogP contribution in [0.2, 0.25) is 0 Å². The fraction of sp³-hybridized carbons (Fsp3) is 0.500. The molecule has 0 fully saturated rings. The van der Waals surface area contributed by atoms with Gasteiger partial charge in [-0.3, -0.25) is 0 Å². The molecule has 6 nitrogen and oxygen atoms in total. The summed E-state index contributed by atoms with van der Waals surface area (Å²) in [6, 6.07) is -0.909. The Balaban J connectivity index is 3.91. The highest BCUT2D eigenvalue weighted by atomic mass is 19.4. The first-order valence-electron chi connectivity index (χ1n) is 7.15. The topological polar surface area (TPSA) is 75.4 Å². The Labute approximate surface area is 169 Å². The molecule has 1 aromatic carbocycles. The van der Waals surface area contributed by atoms with Gasteiger partial charge >= 0.3 is 36.9 Å². The van der Waals surface area contributed by atoms with E-state index in [1.165, 1.54) is 0 Å². The first-order chi connectivity index (χ1) is 14.3. The quantitative estimate of drug-likeness (QED) is 0.398. The highest BCUT2D eigenvalue weighted by Crippen LogP contribution is 2.52. The van der Waals surface area contributed by atoms with Crippen molar-refractivity contribution in [3.05, 3.63) is 17.3 Å². The molecule has 0 heterocycles. The summed E-state index contributed by atoms with van der Waals surface area (Å²) in [7, 11) is 0. The smallest absolute Gasteiger partial charge is 0.499 e. The monoisotopic (exact) mass is 527 g/mol. The summed E-state index contributed by atoms with van der Waals surface area (Å²) in [5, 5.41) is 17.0. The number of quaternary nitrogens is 1. The third kappa shape index (κ3) is 6.07. The molecule has 33 heavy (non-hydrogen) atoms. The fourth-order valence-corrected chi connectivity index (χ4v) is 1.56. The molecule has 0 aliphatic rings. The second kappa shape index (κ2) is 8.34. The standard InChI is InChI=1S/C12H4F15NO5/c13-7(14,15)10(22,23)31-4-2-1-3(28(29)30)5(32-11(24,25)8(16,17)18)6(4)33-12(26,27)9(19,20)21/h1-2,28-29H. The highest BCUT2D eigenvalue weighted by Gasteiger charge is 2.65. The van der Waals surface area contributed by atoms with E-state index in [1.807, 2.05) is 0 Å². The molecule has 0 saturated heterocycles. The molecule has 0 bridgehead atoms. The zero-order valence-corrected chi connectivity index (χ0v) is 14.4. The molecule has 0 aliphatic heterocycles. The van der Waals surface area contributed by atoms with Gasteiger partial charge in [0.05, 0.1) is 0 Å². The van der Waals surface area contributed by atoms with Crippen LogP contribution in [0.25, 0.3) is 0 Å². The number of nitrogens with one attached hydrogen (secondary N) is 1. The summed E-state index contributed by atoms with van der Waals surface area (Å²) in [6.07, 6.45) is -40.3. The van der Waals surface area contributed by atoms with E-state index >= 15 is 0 Å². The molecule has 0 radical (unpaired) electrons. The SMILES string of the molecule is [O-][NH+](O)c1ccc(OC(F)(F)C(F)(F)F)c(OC(F)(F)C(F)(F)F)c1OC(F)(F)C(F)(F)F. The predicted molar refractivity (Wildman–Crippen MR) is 67.1 cm³/mol. The molecule has 1 aromatic rings. The predicted octanol–water partition coefficient (Wildman–Crippen LogP) is 4.69. The summed E-state index contributed by atoms with van der Waals surface area (Å²) in [5.74, 6) is -8.74. The van der Waals surface area contributed by atoms with Crippen LogP contribution in [0.4, 0.5) is 71.5 Å². The van der Waals surface area contributed by atoms with E-state index in [0.29, 0.717) is 0 Å². The molecule has 21 heteroatoms. The third-order valence-electron chi connectivity index (χ3n) is 3.00. The Bertz CT molecular complexity index is 845. The largest absolute Gasteiger partial charge is 0.595 e. The zero-order chi connectivity index (χ0) is 26.4. The van der Waals surface area contributed by atoms with E-state index < -0.39 is 71.1 Å². The van der Waals surface area contributed by atoms with Crippen molar-refractivity contribution in [2.75, 3.05) is 0 Å². The zero-order valence-electron chi connectivity index (χ0n) is 14.4. The second-order valence-electron chi connectivity index (χ2n) is 5.42. The Morgan fingerprint density at radius 2 is 0.909 bits per heavy atom. The van der Waals surface area contributed by atoms with Crippen molar-refractivity contribution in [1.29, 1.82) is 0 Å². The second-order valence-corrected chi connectivity index (χ2v) is 5.42. The Morgan fingerprint density at radius 1 is 0.576 bits per heavy atom. The van der Waals surface area contributed by atoms with Crippen LogP contribution in [-0.4, -0.2) is 42.1 Å². The van der Waals surface area contributed by atoms with Crippen molar-refractivity contribution < 1.29 is 90.5 Å². The van der Waals surface area contributed by atoms with Crippen LogP contribution in [0.5, 0.6) is 17.2 Å². The molecule has 0 amide bonds. The van der Waals surface area contributed by atoms with E-state index in [0.717, 1.165) is 0 Å². The maximum absolute atomic E-state index is 13.2. The minimum Gasteiger partial charge on any atom is -0.595 e. The molecule has 2 N–H and O–H groups in total. The molecule has 0 spiro atoms. The molecule has 1 rings (SSSR count). The number of alkyl halides is 15. The van der Waals surface area contributed by atoms with Crippen molar-refractivity contribution in [2.45, 2.75) is 36.9 Å². The van der Waals surface area contributed by atoms with Crippen LogP contribution < -0.4 is 19.4 Å². The van der Waals surface area contributed by atoms with E-state index in [9.17, 15) is 71.1 Å². The van der Waals surface area contributed by atoms with Gasteiger partial charge in [0.25, 0.3) is 0 Å². The van der Waals surface area contributed by atoms with Crippen molar-refractivity contribution in [3.8, 4) is 17.2 Å². The molecule has 0 aromatic heterocycles. The molecule has 0 saturated carbocycles. The van der Waals surface area contributed by atoms with Crippen LogP contribution in [0.1, 0.15) is 0 Å². The van der Waals surface area contributed by atoms with E-state index in [2.05, 4.69) is 14.2 Å². The Morgan fingerprint density at radius 3 is 1.24 bits per heavy atom. The van der Waals surface area contributed by atoms with Gasteiger partial charge < -0.3 is 19.4 Å². The minimum absolute atomic E-state index is 0.384. The molecular formula is C12H4F15NO5. The summed E-state index contributed by atoms with van der Waals surface area (Å²) >= 11 is 0. The van der Waals surface area contributed by atoms with Gasteiger partial charge in [0, 0.05) is 6.07 Å². The average molecular weight is 527 g/mol. The van der Waals surface area contributed by atoms with Crippen LogP contribution in [0, 0.1) is 5.21 Å².